The second kappa shape index (κ2) is 6.96. The molecule has 7 heteroatoms. The van der Waals surface area contributed by atoms with Gasteiger partial charge in [-0.15, -0.1) is 0 Å². The number of methoxy groups -OCH3 is 1. The Balaban J connectivity index is 1.97. The predicted molar refractivity (Wildman–Crippen MR) is 91.9 cm³/mol. The molecule has 0 saturated carbocycles. The summed E-state index contributed by atoms with van der Waals surface area (Å²) in [4.78, 5) is 30.1. The standard InChI is InChI=1S/C18H22N4O3/c1-12-8-20-17-11-22(18(24)9-19-13(2)23)15(10-21(12)17)14-6-4-5-7-16(14)25-3/h4-8,15H,9-11H2,1-3H3,(H,19,23)/t15-/m1/s1. The number of carbonyl (C=O) groups is 2. The van der Waals surface area contributed by atoms with Crippen LogP contribution >= 0.6 is 0 Å². The summed E-state index contributed by atoms with van der Waals surface area (Å²) in [6, 6.07) is 7.52. The molecule has 132 valence electrons. The van der Waals surface area contributed by atoms with Crippen molar-refractivity contribution in [3.8, 4) is 5.75 Å². The number of aromatic nitrogens is 2. The van der Waals surface area contributed by atoms with Crippen LogP contribution in [-0.4, -0.2) is 39.9 Å². The van der Waals surface area contributed by atoms with Crippen molar-refractivity contribution in [1.29, 1.82) is 0 Å². The number of ether oxygens (including phenoxy) is 1. The van der Waals surface area contributed by atoms with E-state index in [2.05, 4.69) is 14.9 Å². The molecule has 2 amide bonds. The molecule has 1 aliphatic rings. The van der Waals surface area contributed by atoms with Gasteiger partial charge in [-0.1, -0.05) is 18.2 Å². The summed E-state index contributed by atoms with van der Waals surface area (Å²) < 4.78 is 7.62. The Morgan fingerprint density at radius 1 is 1.36 bits per heavy atom. The number of nitrogens with zero attached hydrogens (tertiary/aromatic N) is 3. The van der Waals surface area contributed by atoms with Crippen LogP contribution in [0.3, 0.4) is 0 Å². The number of para-hydroxylation sites is 1. The maximum Gasteiger partial charge on any atom is 0.242 e. The van der Waals surface area contributed by atoms with Gasteiger partial charge in [-0.2, -0.15) is 0 Å². The summed E-state index contributed by atoms with van der Waals surface area (Å²) in [6.07, 6.45) is 1.82. The first-order chi connectivity index (χ1) is 12.0. The number of hydrogen-bond donors (Lipinski definition) is 1. The fraction of sp³-hybridized carbons (Fsp3) is 0.389. The van der Waals surface area contributed by atoms with Gasteiger partial charge in [-0.3, -0.25) is 9.59 Å². The van der Waals surface area contributed by atoms with Gasteiger partial charge in [-0.25, -0.2) is 4.98 Å². The molecule has 2 aromatic rings. The molecule has 1 aromatic heterocycles. The zero-order chi connectivity index (χ0) is 18.0. The highest BCUT2D eigenvalue weighted by atomic mass is 16.5. The number of imidazole rings is 1. The topological polar surface area (TPSA) is 76.5 Å². The van der Waals surface area contributed by atoms with Gasteiger partial charge in [0.05, 0.1) is 26.2 Å². The van der Waals surface area contributed by atoms with Crippen LogP contribution in [0, 0.1) is 6.92 Å². The largest absolute Gasteiger partial charge is 0.496 e. The monoisotopic (exact) mass is 342 g/mol. The Labute approximate surface area is 146 Å². The molecular formula is C18H22N4O3. The first-order valence-corrected chi connectivity index (χ1v) is 8.19. The minimum atomic E-state index is -0.225. The number of aryl methyl sites for hydroxylation is 1. The third-order valence-electron chi connectivity index (χ3n) is 4.49. The van der Waals surface area contributed by atoms with Crippen LogP contribution in [0.2, 0.25) is 0 Å². The van der Waals surface area contributed by atoms with Crippen molar-refractivity contribution in [2.75, 3.05) is 13.7 Å². The van der Waals surface area contributed by atoms with E-state index in [1.54, 1.807) is 12.0 Å². The van der Waals surface area contributed by atoms with Crippen LogP contribution in [0.5, 0.6) is 5.75 Å². The maximum absolute atomic E-state index is 12.7. The van der Waals surface area contributed by atoms with Gasteiger partial charge in [0.15, 0.2) is 0 Å². The predicted octanol–water partition coefficient (Wildman–Crippen LogP) is 1.42. The first kappa shape index (κ1) is 17.0. The van der Waals surface area contributed by atoms with Crippen molar-refractivity contribution in [3.63, 3.8) is 0 Å². The van der Waals surface area contributed by atoms with E-state index in [1.165, 1.54) is 6.92 Å². The summed E-state index contributed by atoms with van der Waals surface area (Å²) in [5, 5.41) is 2.58. The van der Waals surface area contributed by atoms with E-state index >= 15 is 0 Å². The number of benzene rings is 1. The van der Waals surface area contributed by atoms with Crippen LogP contribution in [0.15, 0.2) is 30.5 Å². The lowest BCUT2D eigenvalue weighted by Crippen LogP contribution is -2.45. The number of rotatable bonds is 4. The van der Waals surface area contributed by atoms with Crippen LogP contribution in [0.1, 0.15) is 30.0 Å². The molecule has 7 nitrogen and oxygen atoms in total. The van der Waals surface area contributed by atoms with E-state index in [0.29, 0.717) is 13.1 Å². The highest BCUT2D eigenvalue weighted by Crippen LogP contribution is 2.35. The first-order valence-electron chi connectivity index (χ1n) is 8.19. The van der Waals surface area contributed by atoms with Crippen molar-refractivity contribution in [3.05, 3.63) is 47.5 Å². The van der Waals surface area contributed by atoms with Gasteiger partial charge >= 0.3 is 0 Å². The Morgan fingerprint density at radius 2 is 2.12 bits per heavy atom. The van der Waals surface area contributed by atoms with Gasteiger partial charge in [-0.05, 0) is 13.0 Å². The minimum Gasteiger partial charge on any atom is -0.496 e. The summed E-state index contributed by atoms with van der Waals surface area (Å²) in [5.41, 5.74) is 2.00. The summed E-state index contributed by atoms with van der Waals surface area (Å²) in [6.45, 7) is 4.38. The minimum absolute atomic E-state index is 0.0271. The van der Waals surface area contributed by atoms with E-state index in [4.69, 9.17) is 4.74 Å². The molecule has 1 atom stereocenters. The lowest BCUT2D eigenvalue weighted by Gasteiger charge is -2.37. The van der Waals surface area contributed by atoms with E-state index in [9.17, 15) is 9.59 Å². The molecule has 25 heavy (non-hydrogen) atoms. The molecule has 2 heterocycles. The Kier molecular flexibility index (Phi) is 4.74. The molecule has 1 aromatic carbocycles. The average molecular weight is 342 g/mol. The Hall–Kier alpha value is -2.83. The SMILES string of the molecule is COc1ccccc1[C@H]1Cn2c(C)cnc2CN1C(=O)CNC(C)=O. The lowest BCUT2D eigenvalue weighted by atomic mass is 10.0. The summed E-state index contributed by atoms with van der Waals surface area (Å²) >= 11 is 0. The average Bonchev–Trinajstić information content (AvgIpc) is 2.98. The van der Waals surface area contributed by atoms with Gasteiger partial charge in [0, 0.05) is 30.9 Å². The van der Waals surface area contributed by atoms with Gasteiger partial charge in [0.2, 0.25) is 11.8 Å². The maximum atomic E-state index is 12.7. The van der Waals surface area contributed by atoms with Crippen molar-refractivity contribution in [2.45, 2.75) is 33.0 Å². The van der Waals surface area contributed by atoms with Crippen molar-refractivity contribution in [1.82, 2.24) is 19.8 Å². The van der Waals surface area contributed by atoms with Crippen LogP contribution < -0.4 is 10.1 Å². The van der Waals surface area contributed by atoms with Crippen molar-refractivity contribution < 1.29 is 14.3 Å². The van der Waals surface area contributed by atoms with Crippen molar-refractivity contribution >= 4 is 11.8 Å². The molecule has 0 saturated heterocycles. The fourth-order valence-corrected chi connectivity index (χ4v) is 3.19. The molecule has 0 unspecified atom stereocenters. The number of nitrogens with one attached hydrogen (secondary N) is 1. The quantitative estimate of drug-likeness (QED) is 0.912. The van der Waals surface area contributed by atoms with E-state index in [1.807, 2.05) is 37.4 Å². The van der Waals surface area contributed by atoms with Crippen LogP contribution in [0.25, 0.3) is 0 Å². The van der Waals surface area contributed by atoms with E-state index in [-0.39, 0.29) is 24.4 Å². The molecule has 1 aliphatic heterocycles. The lowest BCUT2D eigenvalue weighted by molar-refractivity contribution is -0.136. The van der Waals surface area contributed by atoms with Crippen LogP contribution in [-0.2, 0) is 22.7 Å². The van der Waals surface area contributed by atoms with E-state index < -0.39 is 0 Å². The molecule has 1 N–H and O–H groups in total. The van der Waals surface area contributed by atoms with Gasteiger partial charge < -0.3 is 19.5 Å². The molecule has 0 fully saturated rings. The van der Waals surface area contributed by atoms with Gasteiger partial charge in [0.25, 0.3) is 0 Å². The molecular weight excluding hydrogens is 320 g/mol. The Bertz CT molecular complexity index is 799. The third-order valence-corrected chi connectivity index (χ3v) is 4.49. The van der Waals surface area contributed by atoms with Crippen molar-refractivity contribution in [2.24, 2.45) is 0 Å². The smallest absolute Gasteiger partial charge is 0.242 e. The molecule has 0 bridgehead atoms. The normalized spacial score (nSPS) is 16.3. The zero-order valence-corrected chi connectivity index (χ0v) is 14.7. The summed E-state index contributed by atoms with van der Waals surface area (Å²) in [7, 11) is 1.62. The molecule has 0 aliphatic carbocycles. The Morgan fingerprint density at radius 3 is 2.84 bits per heavy atom. The number of carbonyl (C=O) groups excluding carboxylic acids is 2. The highest BCUT2D eigenvalue weighted by molar-refractivity contribution is 5.84. The molecule has 0 radical (unpaired) electrons. The highest BCUT2D eigenvalue weighted by Gasteiger charge is 2.33. The number of hydrogen-bond acceptors (Lipinski definition) is 4. The number of amides is 2. The zero-order valence-electron chi connectivity index (χ0n) is 14.7. The number of fused-ring (bicyclic) bond motifs is 1. The molecule has 0 spiro atoms. The fourth-order valence-electron chi connectivity index (χ4n) is 3.19. The molecule has 3 rings (SSSR count). The van der Waals surface area contributed by atoms with Gasteiger partial charge in [0.1, 0.15) is 11.6 Å². The van der Waals surface area contributed by atoms with E-state index in [0.717, 1.165) is 22.8 Å². The second-order valence-electron chi connectivity index (χ2n) is 6.12. The second-order valence-corrected chi connectivity index (χ2v) is 6.12. The summed E-state index contributed by atoms with van der Waals surface area (Å²) in [5.74, 6) is 1.22. The van der Waals surface area contributed by atoms with Crippen LogP contribution in [0.4, 0.5) is 0 Å². The third kappa shape index (κ3) is 3.35.